The van der Waals surface area contributed by atoms with E-state index < -0.39 is 11.8 Å². The molecule has 2 aromatic rings. The molecule has 0 atom stereocenters. The van der Waals surface area contributed by atoms with Crippen molar-refractivity contribution < 1.29 is 14.3 Å². The molecule has 3 heteroatoms. The zero-order valence-electron chi connectivity index (χ0n) is 10.9. The minimum atomic E-state index is -0.692. The quantitative estimate of drug-likeness (QED) is 0.274. The van der Waals surface area contributed by atoms with E-state index in [4.69, 9.17) is 4.74 Å². The van der Waals surface area contributed by atoms with Crippen LogP contribution in [0, 0.1) is 0 Å². The summed E-state index contributed by atoms with van der Waals surface area (Å²) < 4.78 is 5.07. The Hall–Kier alpha value is -2.68. The Balaban J connectivity index is 1.96. The number of benzene rings is 2. The zero-order chi connectivity index (χ0) is 14.4. The van der Waals surface area contributed by atoms with Crippen molar-refractivity contribution in [2.75, 3.05) is 0 Å². The van der Waals surface area contributed by atoms with Gasteiger partial charge in [0.25, 0.3) is 0 Å². The van der Waals surface area contributed by atoms with E-state index in [0.29, 0.717) is 5.56 Å². The van der Waals surface area contributed by atoms with E-state index in [1.54, 1.807) is 30.3 Å². The van der Waals surface area contributed by atoms with Crippen LogP contribution >= 0.6 is 0 Å². The number of rotatable bonds is 5. The van der Waals surface area contributed by atoms with E-state index in [-0.39, 0.29) is 12.2 Å². The van der Waals surface area contributed by atoms with Crippen LogP contribution in [0.15, 0.2) is 72.8 Å². The molecular formula is C17H14O3. The van der Waals surface area contributed by atoms with Crippen molar-refractivity contribution in [3.05, 3.63) is 83.9 Å². The van der Waals surface area contributed by atoms with Gasteiger partial charge >= 0.3 is 5.97 Å². The number of Topliss-reactive ketones (excluding diaryl/α,β-unsaturated/α-hetero) is 1. The monoisotopic (exact) mass is 266 g/mol. The van der Waals surface area contributed by atoms with Crippen molar-refractivity contribution in [2.24, 2.45) is 0 Å². The van der Waals surface area contributed by atoms with Crippen LogP contribution in [0.3, 0.4) is 0 Å². The van der Waals surface area contributed by atoms with E-state index in [1.165, 1.54) is 0 Å². The molecule has 0 spiro atoms. The van der Waals surface area contributed by atoms with Gasteiger partial charge in [-0.2, -0.15) is 0 Å². The molecule has 100 valence electrons. The van der Waals surface area contributed by atoms with Crippen LogP contribution in [-0.2, 0) is 16.1 Å². The lowest BCUT2D eigenvalue weighted by Gasteiger charge is -2.06. The molecule has 0 aliphatic carbocycles. The van der Waals surface area contributed by atoms with Gasteiger partial charge in [0.2, 0.25) is 0 Å². The molecule has 20 heavy (non-hydrogen) atoms. The minimum absolute atomic E-state index is 0.126. The van der Waals surface area contributed by atoms with Gasteiger partial charge in [0.1, 0.15) is 12.2 Å². The maximum Gasteiger partial charge on any atom is 0.341 e. The second-order valence-electron chi connectivity index (χ2n) is 4.24. The molecule has 0 saturated heterocycles. The number of carbonyl (C=O) groups is 2. The van der Waals surface area contributed by atoms with Gasteiger partial charge in [0, 0.05) is 5.56 Å². The van der Waals surface area contributed by atoms with Gasteiger partial charge < -0.3 is 4.74 Å². The average Bonchev–Trinajstić information content (AvgIpc) is 2.53. The number of hydrogen-bond donors (Lipinski definition) is 0. The lowest BCUT2D eigenvalue weighted by atomic mass is 10.1. The van der Waals surface area contributed by atoms with Crippen LogP contribution in [0.25, 0.3) is 0 Å². The summed E-state index contributed by atoms with van der Waals surface area (Å²) in [6.07, 6.45) is 0. The third-order valence-electron chi connectivity index (χ3n) is 2.77. The Morgan fingerprint density at radius 1 is 0.900 bits per heavy atom. The predicted octanol–water partition coefficient (Wildman–Crippen LogP) is 3.17. The number of esters is 1. The van der Waals surface area contributed by atoms with Gasteiger partial charge in [-0.3, -0.25) is 4.79 Å². The first-order valence-corrected chi connectivity index (χ1v) is 6.18. The van der Waals surface area contributed by atoms with Gasteiger partial charge in [-0.05, 0) is 5.56 Å². The molecule has 0 amide bonds. The number of carbonyl (C=O) groups excluding carboxylic acids is 2. The topological polar surface area (TPSA) is 43.4 Å². The fraction of sp³-hybridized carbons (Fsp3) is 0.0588. The van der Waals surface area contributed by atoms with Gasteiger partial charge in [-0.1, -0.05) is 67.2 Å². The van der Waals surface area contributed by atoms with Crippen LogP contribution in [-0.4, -0.2) is 11.8 Å². The zero-order valence-corrected chi connectivity index (χ0v) is 10.9. The minimum Gasteiger partial charge on any atom is -0.457 e. The molecule has 2 rings (SSSR count). The SMILES string of the molecule is C=C(C(=O)OCc1ccccc1)C(=O)c1ccccc1. The van der Waals surface area contributed by atoms with Crippen molar-refractivity contribution >= 4 is 11.8 Å². The summed E-state index contributed by atoms with van der Waals surface area (Å²) in [5.41, 5.74) is 1.13. The van der Waals surface area contributed by atoms with Crippen LogP contribution in [0.4, 0.5) is 0 Å². The first-order valence-electron chi connectivity index (χ1n) is 6.18. The molecule has 0 radical (unpaired) electrons. The van der Waals surface area contributed by atoms with Crippen molar-refractivity contribution in [3.8, 4) is 0 Å². The molecule has 0 unspecified atom stereocenters. The number of ketones is 1. The fourth-order valence-electron chi connectivity index (χ4n) is 1.67. The number of hydrogen-bond acceptors (Lipinski definition) is 3. The molecule has 0 heterocycles. The highest BCUT2D eigenvalue weighted by Crippen LogP contribution is 2.09. The Morgan fingerprint density at radius 2 is 1.45 bits per heavy atom. The third kappa shape index (κ3) is 3.42. The first-order chi connectivity index (χ1) is 9.68. The second kappa shape index (κ2) is 6.48. The summed E-state index contributed by atoms with van der Waals surface area (Å²) in [6.45, 7) is 3.64. The Bertz CT molecular complexity index is 615. The third-order valence-corrected chi connectivity index (χ3v) is 2.77. The van der Waals surface area contributed by atoms with Crippen molar-refractivity contribution in [3.63, 3.8) is 0 Å². The van der Waals surface area contributed by atoms with E-state index >= 15 is 0 Å². The van der Waals surface area contributed by atoms with Crippen molar-refractivity contribution in [2.45, 2.75) is 6.61 Å². The summed E-state index contributed by atoms with van der Waals surface area (Å²) in [5.74, 6) is -1.11. The summed E-state index contributed by atoms with van der Waals surface area (Å²) in [7, 11) is 0. The molecule has 0 fully saturated rings. The molecule has 0 bridgehead atoms. The second-order valence-corrected chi connectivity index (χ2v) is 4.24. The highest BCUT2D eigenvalue weighted by atomic mass is 16.5. The standard InChI is InChI=1S/C17H14O3/c1-13(16(18)15-10-6-3-7-11-15)17(19)20-12-14-8-4-2-5-9-14/h2-11H,1,12H2. The van der Waals surface area contributed by atoms with Crippen LogP contribution in [0.5, 0.6) is 0 Å². The van der Waals surface area contributed by atoms with Gasteiger partial charge in [-0.25, -0.2) is 4.79 Å². The first kappa shape index (κ1) is 13.7. The van der Waals surface area contributed by atoms with E-state index in [1.807, 2.05) is 30.3 Å². The number of ether oxygens (including phenoxy) is 1. The molecule has 0 saturated carbocycles. The summed E-state index contributed by atoms with van der Waals surface area (Å²) in [4.78, 5) is 23.8. The summed E-state index contributed by atoms with van der Waals surface area (Å²) in [6, 6.07) is 17.8. The van der Waals surface area contributed by atoms with Crippen LogP contribution in [0.2, 0.25) is 0 Å². The van der Waals surface area contributed by atoms with Crippen molar-refractivity contribution in [1.82, 2.24) is 0 Å². The fourth-order valence-corrected chi connectivity index (χ4v) is 1.67. The van der Waals surface area contributed by atoms with Crippen LogP contribution < -0.4 is 0 Å². The summed E-state index contributed by atoms with van der Waals surface area (Å²) in [5, 5.41) is 0. The maximum absolute atomic E-state index is 12.0. The molecule has 0 aliphatic heterocycles. The van der Waals surface area contributed by atoms with Gasteiger partial charge in [0.05, 0.1) is 0 Å². The van der Waals surface area contributed by atoms with E-state index in [0.717, 1.165) is 5.56 Å². The van der Waals surface area contributed by atoms with Crippen LogP contribution in [0.1, 0.15) is 15.9 Å². The molecule has 3 nitrogen and oxygen atoms in total. The van der Waals surface area contributed by atoms with Gasteiger partial charge in [-0.15, -0.1) is 0 Å². The predicted molar refractivity (Wildman–Crippen MR) is 76.2 cm³/mol. The maximum atomic E-state index is 12.0. The van der Waals surface area contributed by atoms with Crippen molar-refractivity contribution in [1.29, 1.82) is 0 Å². The molecule has 2 aromatic carbocycles. The molecule has 0 N–H and O–H groups in total. The normalized spacial score (nSPS) is 9.80. The average molecular weight is 266 g/mol. The summed E-state index contributed by atoms with van der Waals surface area (Å²) >= 11 is 0. The lowest BCUT2D eigenvalue weighted by molar-refractivity contribution is -0.139. The van der Waals surface area contributed by atoms with E-state index in [2.05, 4.69) is 6.58 Å². The molecule has 0 aromatic heterocycles. The highest BCUT2D eigenvalue weighted by Gasteiger charge is 2.18. The highest BCUT2D eigenvalue weighted by molar-refractivity contribution is 6.23. The van der Waals surface area contributed by atoms with Gasteiger partial charge in [0.15, 0.2) is 5.78 Å². The molecular weight excluding hydrogens is 252 g/mol. The Morgan fingerprint density at radius 3 is 2.05 bits per heavy atom. The lowest BCUT2D eigenvalue weighted by Crippen LogP contribution is -2.15. The molecule has 0 aliphatic rings. The van der Waals surface area contributed by atoms with E-state index in [9.17, 15) is 9.59 Å². The largest absolute Gasteiger partial charge is 0.457 e. The smallest absolute Gasteiger partial charge is 0.341 e. The Labute approximate surface area is 117 Å². The Kier molecular flexibility index (Phi) is 4.45.